The van der Waals surface area contributed by atoms with Crippen LogP contribution in [0.1, 0.15) is 23.9 Å². The fourth-order valence-electron chi connectivity index (χ4n) is 1.24. The highest BCUT2D eigenvalue weighted by Crippen LogP contribution is 2.29. The molecule has 0 bridgehead atoms. The van der Waals surface area contributed by atoms with Gasteiger partial charge >= 0.3 is 0 Å². The lowest BCUT2D eigenvalue weighted by molar-refractivity contribution is -0.121. The van der Waals surface area contributed by atoms with Crippen LogP contribution in [0.4, 0.5) is 0 Å². The molecule has 0 aromatic carbocycles. The highest BCUT2D eigenvalue weighted by Gasteiger charge is 2.28. The van der Waals surface area contributed by atoms with Crippen molar-refractivity contribution in [3.8, 4) is 0 Å². The number of aromatic nitrogens is 1. The van der Waals surface area contributed by atoms with Crippen LogP contribution in [0.15, 0.2) is 21.2 Å². The Morgan fingerprint density at radius 1 is 1.56 bits per heavy atom. The number of hydrogen-bond acceptors (Lipinski definition) is 2. The largest absolute Gasteiger partial charge is 0.352 e. The monoisotopic (exact) mass is 366 g/mol. The van der Waals surface area contributed by atoms with Gasteiger partial charge in [-0.3, -0.25) is 9.78 Å². The lowest BCUT2D eigenvalue weighted by Gasteiger charge is -2.11. The van der Waals surface area contributed by atoms with Crippen molar-refractivity contribution in [1.29, 1.82) is 0 Å². The van der Waals surface area contributed by atoms with Gasteiger partial charge in [-0.1, -0.05) is 0 Å². The number of halogens is 3. The van der Waals surface area contributed by atoms with Crippen LogP contribution in [0, 0.1) is 0 Å². The van der Waals surface area contributed by atoms with E-state index in [0.717, 1.165) is 21.8 Å². The third-order valence-corrected chi connectivity index (χ3v) is 3.70. The first-order chi connectivity index (χ1) is 7.58. The van der Waals surface area contributed by atoms with E-state index in [1.54, 1.807) is 6.20 Å². The van der Waals surface area contributed by atoms with Gasteiger partial charge in [-0.2, -0.15) is 0 Å². The van der Waals surface area contributed by atoms with Crippen molar-refractivity contribution in [2.24, 2.45) is 0 Å². The molecule has 0 saturated heterocycles. The van der Waals surface area contributed by atoms with E-state index in [-0.39, 0.29) is 5.91 Å². The summed E-state index contributed by atoms with van der Waals surface area (Å²) >= 11 is 12.7. The summed E-state index contributed by atoms with van der Waals surface area (Å²) in [7, 11) is 0. The summed E-state index contributed by atoms with van der Waals surface area (Å²) in [6.07, 6.45) is 3.72. The molecular weight excluding hydrogens is 359 g/mol. The maximum absolute atomic E-state index is 11.7. The Morgan fingerprint density at radius 3 is 2.81 bits per heavy atom. The molecule has 1 amide bonds. The molecule has 0 radical (unpaired) electrons. The van der Waals surface area contributed by atoms with Gasteiger partial charge in [0.25, 0.3) is 0 Å². The van der Waals surface area contributed by atoms with Crippen LogP contribution in [-0.2, 0) is 4.79 Å². The molecule has 1 heterocycles. The van der Waals surface area contributed by atoms with E-state index in [1.165, 1.54) is 0 Å². The zero-order valence-corrected chi connectivity index (χ0v) is 12.1. The third kappa shape index (κ3) is 2.96. The third-order valence-electron chi connectivity index (χ3n) is 2.23. The maximum Gasteiger partial charge on any atom is 0.244 e. The predicted molar refractivity (Wildman–Crippen MR) is 69.4 cm³/mol. The van der Waals surface area contributed by atoms with Crippen molar-refractivity contribution in [3.63, 3.8) is 0 Å². The number of pyridine rings is 1. The van der Waals surface area contributed by atoms with Crippen molar-refractivity contribution in [1.82, 2.24) is 10.3 Å². The van der Waals surface area contributed by atoms with Gasteiger partial charge in [-0.05, 0) is 50.8 Å². The molecule has 16 heavy (non-hydrogen) atoms. The van der Waals surface area contributed by atoms with E-state index in [2.05, 4.69) is 42.2 Å². The fraction of sp³-hybridized carbons (Fsp3) is 0.400. The molecule has 1 unspecified atom stereocenters. The quantitative estimate of drug-likeness (QED) is 0.833. The van der Waals surface area contributed by atoms with E-state index < -0.39 is 5.38 Å². The summed E-state index contributed by atoms with van der Waals surface area (Å²) < 4.78 is 1.57. The van der Waals surface area contributed by atoms with E-state index in [4.69, 9.17) is 11.6 Å². The number of amides is 1. The average molecular weight is 368 g/mol. The topological polar surface area (TPSA) is 42.0 Å². The summed E-state index contributed by atoms with van der Waals surface area (Å²) in [4.78, 5) is 15.9. The number of hydrogen-bond donors (Lipinski definition) is 1. The van der Waals surface area contributed by atoms with Crippen molar-refractivity contribution in [2.45, 2.75) is 24.3 Å². The number of rotatable bonds is 3. The van der Waals surface area contributed by atoms with E-state index >= 15 is 0 Å². The molecule has 1 aromatic rings. The molecular formula is C10H9Br2ClN2O. The highest BCUT2D eigenvalue weighted by atomic mass is 79.9. The first-order valence-electron chi connectivity index (χ1n) is 4.83. The minimum absolute atomic E-state index is 0.181. The molecule has 3 nitrogen and oxygen atoms in total. The summed E-state index contributed by atoms with van der Waals surface area (Å²) in [6.45, 7) is 0. The van der Waals surface area contributed by atoms with E-state index in [1.807, 2.05) is 6.07 Å². The molecule has 86 valence electrons. The second kappa shape index (κ2) is 5.02. The predicted octanol–water partition coefficient (Wildman–Crippen LogP) is 3.17. The zero-order chi connectivity index (χ0) is 11.7. The molecule has 1 aliphatic rings. The van der Waals surface area contributed by atoms with Gasteiger partial charge in [0.2, 0.25) is 5.91 Å². The number of nitrogens with zero attached hydrogens (tertiary/aromatic N) is 1. The molecule has 1 fully saturated rings. The molecule has 1 saturated carbocycles. The molecule has 1 atom stereocenters. The van der Waals surface area contributed by atoms with Crippen molar-refractivity contribution < 1.29 is 4.79 Å². The Labute approximate surface area is 115 Å². The molecule has 1 aromatic heterocycles. The van der Waals surface area contributed by atoms with Gasteiger partial charge in [0.15, 0.2) is 5.38 Å². The second-order valence-corrected chi connectivity index (χ2v) is 5.87. The normalized spacial score (nSPS) is 16.9. The summed E-state index contributed by atoms with van der Waals surface area (Å²) in [5.74, 6) is -0.181. The second-order valence-electron chi connectivity index (χ2n) is 3.67. The van der Waals surface area contributed by atoms with Crippen molar-refractivity contribution >= 4 is 49.4 Å². The Bertz CT molecular complexity index is 423. The standard InChI is InChI=1S/C10H9Br2ClN2O/c11-5-3-7(12)9(14-4-5)8(13)10(16)15-6-1-2-6/h3-4,6,8H,1-2H2,(H,15,16). The zero-order valence-electron chi connectivity index (χ0n) is 8.21. The van der Waals surface area contributed by atoms with Gasteiger partial charge in [-0.15, -0.1) is 11.6 Å². The Morgan fingerprint density at radius 2 is 2.25 bits per heavy atom. The number of carbonyl (C=O) groups is 1. The van der Waals surface area contributed by atoms with E-state index in [9.17, 15) is 4.79 Å². The van der Waals surface area contributed by atoms with Crippen LogP contribution in [0.25, 0.3) is 0 Å². The lowest BCUT2D eigenvalue weighted by atomic mass is 10.2. The van der Waals surface area contributed by atoms with Gasteiger partial charge in [0, 0.05) is 21.2 Å². The van der Waals surface area contributed by atoms with Crippen molar-refractivity contribution in [2.75, 3.05) is 0 Å². The summed E-state index contributed by atoms with van der Waals surface area (Å²) in [5, 5.41) is 2.10. The molecule has 0 spiro atoms. The van der Waals surface area contributed by atoms with Crippen LogP contribution in [0.2, 0.25) is 0 Å². The Hall–Kier alpha value is -0.130. The van der Waals surface area contributed by atoms with Crippen molar-refractivity contribution in [3.05, 3.63) is 26.9 Å². The lowest BCUT2D eigenvalue weighted by Crippen LogP contribution is -2.29. The van der Waals surface area contributed by atoms with Crippen LogP contribution < -0.4 is 5.32 Å². The SMILES string of the molecule is O=C(NC1CC1)C(Cl)c1ncc(Br)cc1Br. The van der Waals surface area contributed by atoms with E-state index in [0.29, 0.717) is 11.7 Å². The van der Waals surface area contributed by atoms with Crippen LogP contribution in [0.5, 0.6) is 0 Å². The number of carbonyl (C=O) groups excluding carboxylic acids is 1. The average Bonchev–Trinajstić information content (AvgIpc) is 3.00. The molecule has 0 aliphatic heterocycles. The smallest absolute Gasteiger partial charge is 0.244 e. The van der Waals surface area contributed by atoms with Crippen LogP contribution in [0.3, 0.4) is 0 Å². The Balaban J connectivity index is 2.12. The Kier molecular flexibility index (Phi) is 3.87. The first-order valence-corrected chi connectivity index (χ1v) is 6.85. The minimum Gasteiger partial charge on any atom is -0.352 e. The van der Waals surface area contributed by atoms with Crippen LogP contribution >= 0.6 is 43.5 Å². The molecule has 6 heteroatoms. The minimum atomic E-state index is -0.747. The first kappa shape index (κ1) is 12.3. The fourth-order valence-corrected chi connectivity index (χ4v) is 2.82. The highest BCUT2D eigenvalue weighted by molar-refractivity contribution is 9.11. The van der Waals surface area contributed by atoms with Crippen LogP contribution in [-0.4, -0.2) is 16.9 Å². The van der Waals surface area contributed by atoms with Gasteiger partial charge in [0.05, 0.1) is 5.69 Å². The molecule has 1 aliphatic carbocycles. The molecule has 1 N–H and O–H groups in total. The maximum atomic E-state index is 11.7. The number of alkyl halides is 1. The molecule has 2 rings (SSSR count). The summed E-state index contributed by atoms with van der Waals surface area (Å²) in [5.41, 5.74) is 0.544. The van der Waals surface area contributed by atoms with Gasteiger partial charge in [-0.25, -0.2) is 0 Å². The van der Waals surface area contributed by atoms with Gasteiger partial charge in [0.1, 0.15) is 0 Å². The summed E-state index contributed by atoms with van der Waals surface area (Å²) in [6, 6.07) is 2.13. The van der Waals surface area contributed by atoms with Gasteiger partial charge < -0.3 is 5.32 Å². The number of nitrogens with one attached hydrogen (secondary N) is 1.